The van der Waals surface area contributed by atoms with E-state index in [2.05, 4.69) is 0 Å². The largest absolute Gasteiger partial charge is 0.184 e. The van der Waals surface area contributed by atoms with E-state index < -0.39 is 0 Å². The van der Waals surface area contributed by atoms with Gasteiger partial charge in [0.15, 0.2) is 0 Å². The first kappa shape index (κ1) is 7.35. The van der Waals surface area contributed by atoms with Gasteiger partial charge in [-0.25, -0.2) is 0 Å². The van der Waals surface area contributed by atoms with Crippen molar-refractivity contribution in [3.05, 3.63) is 35.5 Å². The number of fused-ring (bicyclic) bond motifs is 1. The van der Waals surface area contributed by atoms with Crippen molar-refractivity contribution in [1.29, 1.82) is 0 Å². The number of aryl methyl sites for hydroxylation is 2. The van der Waals surface area contributed by atoms with E-state index in [1.54, 1.807) is 13.0 Å². The fourth-order valence-electron chi connectivity index (χ4n) is 1.44. The van der Waals surface area contributed by atoms with Gasteiger partial charge in [-0.2, -0.15) is 4.79 Å². The van der Waals surface area contributed by atoms with E-state index in [1.165, 1.54) is 0 Å². The lowest BCUT2D eigenvalue weighted by Crippen LogP contribution is -1.82. The maximum absolute atomic E-state index is 13.2. The maximum Gasteiger partial charge on any atom is 0.0816 e. The van der Waals surface area contributed by atoms with Crippen molar-refractivity contribution < 1.29 is 4.48 Å². The molecule has 0 aliphatic rings. The van der Waals surface area contributed by atoms with Crippen molar-refractivity contribution in [3.63, 3.8) is 0 Å². The number of nitrogens with zero attached hydrogens (tertiary/aromatic N) is 1. The third kappa shape index (κ3) is 0.916. The molecular formula is C10H10FN. The van der Waals surface area contributed by atoms with E-state index in [0.29, 0.717) is 11.2 Å². The molecule has 1 aromatic carbocycles. The second kappa shape index (κ2) is 2.34. The summed E-state index contributed by atoms with van der Waals surface area (Å²) in [5, 5.41) is 0.968. The number of aromatic nitrogens is 1. The Morgan fingerprint density at radius 2 is 1.92 bits per heavy atom. The molecule has 1 aromatic heterocycles. The summed E-state index contributed by atoms with van der Waals surface area (Å²) in [6.45, 7) is 3.76. The molecule has 0 saturated heterocycles. The Balaban J connectivity index is 2.87. The molecule has 0 fully saturated rings. The fraction of sp³-hybridized carbons (Fsp3) is 0.200. The highest BCUT2D eigenvalue weighted by Crippen LogP contribution is 2.20. The first-order valence-corrected chi connectivity index (χ1v) is 3.93. The van der Waals surface area contributed by atoms with Crippen LogP contribution in [0.25, 0.3) is 10.9 Å². The van der Waals surface area contributed by atoms with Crippen molar-refractivity contribution in [3.8, 4) is 0 Å². The lowest BCUT2D eigenvalue weighted by atomic mass is 10.2. The van der Waals surface area contributed by atoms with Crippen LogP contribution in [-0.2, 0) is 0 Å². The molecule has 0 aliphatic carbocycles. The lowest BCUT2D eigenvalue weighted by molar-refractivity contribution is 0.377. The molecule has 62 valence electrons. The zero-order chi connectivity index (χ0) is 8.72. The molecular weight excluding hydrogens is 153 g/mol. The highest BCUT2D eigenvalue weighted by molar-refractivity contribution is 5.81. The standard InChI is InChI=1S/C10H10FN/c1-7-3-4-10-9(5-7)6-8(2)12(10)11/h3-6H,1-2H3. The summed E-state index contributed by atoms with van der Waals surface area (Å²) in [5.41, 5.74) is 2.46. The minimum absolute atomic E-state index is 0.649. The Kier molecular flexibility index (Phi) is 1.43. The summed E-state index contributed by atoms with van der Waals surface area (Å²) in [7, 11) is 0. The summed E-state index contributed by atoms with van der Waals surface area (Å²) < 4.78 is 13.2. The van der Waals surface area contributed by atoms with Crippen molar-refractivity contribution in [1.82, 2.24) is 4.79 Å². The molecule has 0 unspecified atom stereocenters. The average molecular weight is 163 g/mol. The van der Waals surface area contributed by atoms with E-state index in [9.17, 15) is 4.48 Å². The number of halogens is 1. The molecule has 0 atom stereocenters. The van der Waals surface area contributed by atoms with Gasteiger partial charge in [0.25, 0.3) is 0 Å². The molecule has 12 heavy (non-hydrogen) atoms. The van der Waals surface area contributed by atoms with Crippen LogP contribution in [0.3, 0.4) is 0 Å². The van der Waals surface area contributed by atoms with Crippen molar-refractivity contribution in [2.75, 3.05) is 0 Å². The summed E-state index contributed by atoms with van der Waals surface area (Å²) in [6.07, 6.45) is 0. The zero-order valence-corrected chi connectivity index (χ0v) is 7.13. The van der Waals surface area contributed by atoms with Gasteiger partial charge in [0.05, 0.1) is 5.52 Å². The molecule has 1 heterocycles. The summed E-state index contributed by atoms with van der Waals surface area (Å²) in [4.78, 5) is 0.717. The van der Waals surface area contributed by atoms with Gasteiger partial charge in [-0.05, 0) is 32.0 Å². The topological polar surface area (TPSA) is 4.93 Å². The predicted molar refractivity (Wildman–Crippen MR) is 47.9 cm³/mol. The Morgan fingerprint density at radius 3 is 2.67 bits per heavy atom. The molecule has 0 saturated carbocycles. The molecule has 0 radical (unpaired) electrons. The summed E-state index contributed by atoms with van der Waals surface area (Å²) >= 11 is 0. The van der Waals surface area contributed by atoms with Gasteiger partial charge in [-0.1, -0.05) is 16.1 Å². The number of hydrogen-bond donors (Lipinski definition) is 0. The maximum atomic E-state index is 13.2. The first-order valence-electron chi connectivity index (χ1n) is 3.93. The van der Waals surface area contributed by atoms with E-state index >= 15 is 0 Å². The van der Waals surface area contributed by atoms with Crippen LogP contribution in [-0.4, -0.2) is 4.79 Å². The van der Waals surface area contributed by atoms with Crippen LogP contribution >= 0.6 is 0 Å². The van der Waals surface area contributed by atoms with E-state index in [1.807, 2.05) is 25.1 Å². The second-order valence-corrected chi connectivity index (χ2v) is 3.13. The van der Waals surface area contributed by atoms with Crippen LogP contribution in [0.4, 0.5) is 4.48 Å². The highest BCUT2D eigenvalue weighted by Gasteiger charge is 2.03. The van der Waals surface area contributed by atoms with Gasteiger partial charge >= 0.3 is 0 Å². The van der Waals surface area contributed by atoms with Crippen molar-refractivity contribution >= 4 is 10.9 Å². The van der Waals surface area contributed by atoms with Crippen LogP contribution in [0.1, 0.15) is 11.3 Å². The fourth-order valence-corrected chi connectivity index (χ4v) is 1.44. The molecule has 0 amide bonds. The molecule has 1 nitrogen and oxygen atoms in total. The summed E-state index contributed by atoms with van der Waals surface area (Å²) in [6, 6.07) is 7.55. The van der Waals surface area contributed by atoms with E-state index in [-0.39, 0.29) is 0 Å². The molecule has 0 spiro atoms. The number of hydrogen-bond acceptors (Lipinski definition) is 0. The van der Waals surface area contributed by atoms with Gasteiger partial charge in [0, 0.05) is 11.1 Å². The Hall–Kier alpha value is -1.31. The molecule has 0 aliphatic heterocycles. The van der Waals surface area contributed by atoms with Gasteiger partial charge in [-0.3, -0.25) is 0 Å². The SMILES string of the molecule is Cc1ccc2c(c1)cc(C)n2F. The Labute approximate surface area is 70.4 Å². The number of benzene rings is 1. The van der Waals surface area contributed by atoms with Crippen LogP contribution in [0.15, 0.2) is 24.3 Å². The van der Waals surface area contributed by atoms with Crippen LogP contribution in [0, 0.1) is 13.8 Å². The average Bonchev–Trinajstić information content (AvgIpc) is 2.28. The first-order chi connectivity index (χ1) is 5.68. The van der Waals surface area contributed by atoms with E-state index in [4.69, 9.17) is 0 Å². The van der Waals surface area contributed by atoms with Crippen LogP contribution < -0.4 is 0 Å². The minimum atomic E-state index is 0.649. The van der Waals surface area contributed by atoms with Crippen LogP contribution in [0.2, 0.25) is 0 Å². The zero-order valence-electron chi connectivity index (χ0n) is 7.13. The second-order valence-electron chi connectivity index (χ2n) is 3.13. The lowest BCUT2D eigenvalue weighted by Gasteiger charge is -1.94. The minimum Gasteiger partial charge on any atom is -0.184 e. The third-order valence-electron chi connectivity index (χ3n) is 2.07. The summed E-state index contributed by atoms with van der Waals surface area (Å²) in [5.74, 6) is 0. The Morgan fingerprint density at radius 1 is 1.17 bits per heavy atom. The number of rotatable bonds is 0. The van der Waals surface area contributed by atoms with Crippen molar-refractivity contribution in [2.24, 2.45) is 0 Å². The van der Waals surface area contributed by atoms with Crippen molar-refractivity contribution in [2.45, 2.75) is 13.8 Å². The normalized spacial score (nSPS) is 10.9. The monoisotopic (exact) mass is 163 g/mol. The highest BCUT2D eigenvalue weighted by atomic mass is 19.2. The quantitative estimate of drug-likeness (QED) is 0.562. The molecule has 2 aromatic rings. The predicted octanol–water partition coefficient (Wildman–Crippen LogP) is 2.99. The molecule has 2 rings (SSSR count). The van der Waals surface area contributed by atoms with Gasteiger partial charge < -0.3 is 0 Å². The third-order valence-corrected chi connectivity index (χ3v) is 2.07. The van der Waals surface area contributed by atoms with Gasteiger partial charge in [-0.15, -0.1) is 0 Å². The molecule has 2 heteroatoms. The molecule has 0 bridgehead atoms. The van der Waals surface area contributed by atoms with E-state index in [0.717, 1.165) is 15.7 Å². The Bertz CT molecular complexity index is 429. The smallest absolute Gasteiger partial charge is 0.0816 e. The molecule has 0 N–H and O–H groups in total. The van der Waals surface area contributed by atoms with Gasteiger partial charge in [0.1, 0.15) is 0 Å². The van der Waals surface area contributed by atoms with Crippen LogP contribution in [0.5, 0.6) is 0 Å². The van der Waals surface area contributed by atoms with Gasteiger partial charge in [0.2, 0.25) is 0 Å².